The molecule has 7 nitrogen and oxygen atoms in total. The van der Waals surface area contributed by atoms with Gasteiger partial charge in [0.15, 0.2) is 0 Å². The van der Waals surface area contributed by atoms with Gasteiger partial charge in [-0.25, -0.2) is 9.78 Å². The molecule has 0 atom stereocenters. The summed E-state index contributed by atoms with van der Waals surface area (Å²) >= 11 is 1.01. The van der Waals surface area contributed by atoms with Crippen LogP contribution in [0.15, 0.2) is 47.4 Å². The third-order valence-corrected chi connectivity index (χ3v) is 4.60. The van der Waals surface area contributed by atoms with Crippen LogP contribution < -0.4 is 10.9 Å². The normalized spacial score (nSPS) is 10.6. The quantitative estimate of drug-likeness (QED) is 0.721. The Hall–Kier alpha value is -3.00. The van der Waals surface area contributed by atoms with Crippen LogP contribution in [0.2, 0.25) is 0 Å². The van der Waals surface area contributed by atoms with E-state index in [1.807, 2.05) is 12.1 Å². The van der Waals surface area contributed by atoms with Gasteiger partial charge in [0.1, 0.15) is 4.83 Å². The Balaban J connectivity index is 1.66. The predicted molar refractivity (Wildman–Crippen MR) is 93.7 cm³/mol. The van der Waals surface area contributed by atoms with E-state index < -0.39 is 6.03 Å². The monoisotopic (exact) mass is 357 g/mol. The molecule has 0 aliphatic carbocycles. The van der Waals surface area contributed by atoms with Gasteiger partial charge in [0.25, 0.3) is 5.56 Å². The maximum Gasteiger partial charge on any atom is 0.338 e. The number of nitrogens with zero attached hydrogens (tertiary/aromatic N) is 2. The van der Waals surface area contributed by atoms with E-state index in [9.17, 15) is 14.4 Å². The summed E-state index contributed by atoms with van der Waals surface area (Å²) in [4.78, 5) is 40.3. The van der Waals surface area contributed by atoms with Crippen LogP contribution in [0.5, 0.6) is 0 Å². The Kier molecular flexibility index (Phi) is 4.90. The molecule has 8 heteroatoms. The third kappa shape index (κ3) is 3.74. The van der Waals surface area contributed by atoms with E-state index in [1.54, 1.807) is 30.5 Å². The SMILES string of the molecule is COC(=O)Cc1ccc(CNC(=O)n2sc3ncccc3c2=O)cc1. The summed E-state index contributed by atoms with van der Waals surface area (Å²) < 4.78 is 5.68. The highest BCUT2D eigenvalue weighted by molar-refractivity contribution is 7.14. The number of ether oxygens (including phenoxy) is 1. The molecule has 2 heterocycles. The van der Waals surface area contributed by atoms with Crippen LogP contribution in [0.3, 0.4) is 0 Å². The Labute approximate surface area is 147 Å². The fourth-order valence-corrected chi connectivity index (χ4v) is 3.12. The van der Waals surface area contributed by atoms with Crippen LogP contribution >= 0.6 is 11.5 Å². The Morgan fingerprint density at radius 3 is 2.60 bits per heavy atom. The molecule has 0 radical (unpaired) electrons. The average Bonchev–Trinajstić information content (AvgIpc) is 2.98. The molecule has 3 rings (SSSR count). The van der Waals surface area contributed by atoms with Crippen LogP contribution in [-0.4, -0.2) is 28.1 Å². The lowest BCUT2D eigenvalue weighted by Gasteiger charge is -2.06. The van der Waals surface area contributed by atoms with E-state index >= 15 is 0 Å². The molecule has 0 saturated heterocycles. The highest BCUT2D eigenvalue weighted by Crippen LogP contribution is 2.12. The molecular formula is C17H15N3O4S. The molecule has 0 aliphatic heterocycles. The zero-order valence-electron chi connectivity index (χ0n) is 13.4. The molecule has 0 aliphatic rings. The number of carbonyl (C=O) groups is 2. The van der Waals surface area contributed by atoms with Crippen molar-refractivity contribution in [3.8, 4) is 0 Å². The van der Waals surface area contributed by atoms with Gasteiger partial charge in [-0.1, -0.05) is 24.3 Å². The summed E-state index contributed by atoms with van der Waals surface area (Å²) in [5, 5.41) is 3.13. The Morgan fingerprint density at radius 2 is 1.92 bits per heavy atom. The standard InChI is InChI=1S/C17H15N3O4S/c1-24-14(21)9-11-4-6-12(7-5-11)10-19-17(23)20-16(22)13-3-2-8-18-15(13)25-20/h2-8H,9-10H2,1H3,(H,19,23). The molecule has 3 aromatic rings. The number of hydrogen-bond acceptors (Lipinski definition) is 6. The maximum atomic E-state index is 12.2. The lowest BCUT2D eigenvalue weighted by molar-refractivity contribution is -0.139. The van der Waals surface area contributed by atoms with Gasteiger partial charge in [-0.3, -0.25) is 9.59 Å². The number of hydrogen-bond donors (Lipinski definition) is 1. The van der Waals surface area contributed by atoms with Crippen molar-refractivity contribution < 1.29 is 14.3 Å². The van der Waals surface area contributed by atoms with Crippen molar-refractivity contribution in [1.29, 1.82) is 0 Å². The summed E-state index contributed by atoms with van der Waals surface area (Å²) in [5.41, 5.74) is 1.31. The largest absolute Gasteiger partial charge is 0.469 e. The lowest BCUT2D eigenvalue weighted by Crippen LogP contribution is -2.32. The Morgan fingerprint density at radius 1 is 1.20 bits per heavy atom. The second-order valence-corrected chi connectivity index (χ2v) is 6.21. The van der Waals surface area contributed by atoms with Crippen molar-refractivity contribution in [3.05, 3.63) is 64.1 Å². The van der Waals surface area contributed by atoms with E-state index in [0.29, 0.717) is 10.2 Å². The summed E-state index contributed by atoms with van der Waals surface area (Å²) in [6.07, 6.45) is 1.78. The molecule has 25 heavy (non-hydrogen) atoms. The fraction of sp³-hybridized carbons (Fsp3) is 0.176. The van der Waals surface area contributed by atoms with Crippen LogP contribution in [0, 0.1) is 0 Å². The van der Waals surface area contributed by atoms with Crippen LogP contribution in [0.1, 0.15) is 11.1 Å². The highest BCUT2D eigenvalue weighted by Gasteiger charge is 2.14. The number of pyridine rings is 1. The van der Waals surface area contributed by atoms with E-state index in [4.69, 9.17) is 0 Å². The minimum absolute atomic E-state index is 0.202. The molecule has 0 fully saturated rings. The fourth-order valence-electron chi connectivity index (χ4n) is 2.26. The highest BCUT2D eigenvalue weighted by atomic mass is 32.1. The van der Waals surface area contributed by atoms with Gasteiger partial charge in [-0.2, -0.15) is 3.96 Å². The van der Waals surface area contributed by atoms with E-state index in [1.165, 1.54) is 7.11 Å². The topological polar surface area (TPSA) is 90.3 Å². The Bertz CT molecular complexity index is 975. The molecule has 1 aromatic carbocycles. The van der Waals surface area contributed by atoms with Crippen molar-refractivity contribution in [3.63, 3.8) is 0 Å². The van der Waals surface area contributed by atoms with E-state index in [0.717, 1.165) is 26.6 Å². The minimum atomic E-state index is -0.494. The molecule has 1 amide bonds. The van der Waals surface area contributed by atoms with Gasteiger partial charge >= 0.3 is 12.0 Å². The van der Waals surface area contributed by atoms with E-state index in [2.05, 4.69) is 15.0 Å². The van der Waals surface area contributed by atoms with Crippen LogP contribution in [-0.2, 0) is 22.5 Å². The average molecular weight is 357 g/mol. The molecule has 2 aromatic heterocycles. The molecule has 1 N–H and O–H groups in total. The molecule has 0 spiro atoms. The van der Waals surface area contributed by atoms with E-state index in [-0.39, 0.29) is 24.5 Å². The zero-order valence-corrected chi connectivity index (χ0v) is 14.2. The number of fused-ring (bicyclic) bond motifs is 1. The first kappa shape index (κ1) is 16.8. The van der Waals surface area contributed by atoms with Gasteiger partial charge in [0.2, 0.25) is 0 Å². The molecule has 128 valence electrons. The smallest absolute Gasteiger partial charge is 0.338 e. The first-order valence-corrected chi connectivity index (χ1v) is 8.25. The second-order valence-electron chi connectivity index (χ2n) is 5.28. The van der Waals surface area contributed by atoms with Crippen molar-refractivity contribution in [2.75, 3.05) is 7.11 Å². The first-order valence-electron chi connectivity index (χ1n) is 7.48. The predicted octanol–water partition coefficient (Wildman–Crippen LogP) is 1.93. The number of carbonyl (C=O) groups excluding carboxylic acids is 2. The van der Waals surface area contributed by atoms with Crippen molar-refractivity contribution in [1.82, 2.24) is 14.3 Å². The summed E-state index contributed by atoms with van der Waals surface area (Å²) in [5.74, 6) is -0.307. The summed E-state index contributed by atoms with van der Waals surface area (Å²) in [7, 11) is 1.34. The number of methoxy groups -OCH3 is 1. The summed E-state index contributed by atoms with van der Waals surface area (Å²) in [6.45, 7) is 0.269. The minimum Gasteiger partial charge on any atom is -0.469 e. The van der Waals surface area contributed by atoms with Gasteiger partial charge in [-0.05, 0) is 34.8 Å². The lowest BCUT2D eigenvalue weighted by atomic mass is 10.1. The molecule has 0 bridgehead atoms. The third-order valence-electron chi connectivity index (χ3n) is 3.59. The number of benzene rings is 1. The van der Waals surface area contributed by atoms with Gasteiger partial charge < -0.3 is 10.1 Å². The van der Waals surface area contributed by atoms with Gasteiger partial charge in [0, 0.05) is 12.7 Å². The maximum absolute atomic E-state index is 12.2. The first-order chi connectivity index (χ1) is 12.1. The van der Waals surface area contributed by atoms with Crippen LogP contribution in [0.4, 0.5) is 4.79 Å². The molecular weight excluding hydrogens is 342 g/mol. The number of rotatable bonds is 4. The summed E-state index contributed by atoms with van der Waals surface area (Å²) in [6, 6.07) is 10.0. The van der Waals surface area contributed by atoms with Crippen molar-refractivity contribution in [2.24, 2.45) is 0 Å². The van der Waals surface area contributed by atoms with Crippen molar-refractivity contribution in [2.45, 2.75) is 13.0 Å². The van der Waals surface area contributed by atoms with Crippen molar-refractivity contribution >= 4 is 33.7 Å². The van der Waals surface area contributed by atoms with Gasteiger partial charge in [-0.15, -0.1) is 0 Å². The van der Waals surface area contributed by atoms with Crippen LogP contribution in [0.25, 0.3) is 10.2 Å². The number of aromatic nitrogens is 2. The molecule has 0 saturated carbocycles. The number of amides is 1. The van der Waals surface area contributed by atoms with Gasteiger partial charge in [0.05, 0.1) is 18.9 Å². The zero-order chi connectivity index (χ0) is 17.8. The second kappa shape index (κ2) is 7.27. The number of nitrogens with one attached hydrogen (secondary N) is 1. The molecule has 0 unspecified atom stereocenters. The number of esters is 1.